The standard InChI is InChI=1S/C28H29ClN2O/c1-3-26(21-8-5-4-6-9-21)31-28(32)24-13-14-25-19(2)22(10-7-11-23(25)17-24)16-20-12-15-27(29)30-18-20/h4-9,11-15,17-19,22,26H,3,10,16H2,1-2H3,(H,31,32). The summed E-state index contributed by atoms with van der Waals surface area (Å²) >= 11 is 5.94. The van der Waals surface area contributed by atoms with Gasteiger partial charge in [0.2, 0.25) is 0 Å². The van der Waals surface area contributed by atoms with Gasteiger partial charge in [0.1, 0.15) is 5.15 Å². The molecule has 1 aliphatic rings. The Hall–Kier alpha value is -2.91. The van der Waals surface area contributed by atoms with Crippen molar-refractivity contribution in [1.29, 1.82) is 0 Å². The molecule has 0 aliphatic heterocycles. The molecule has 3 aromatic rings. The molecule has 1 amide bonds. The molecule has 0 radical (unpaired) electrons. The molecule has 0 saturated carbocycles. The van der Waals surface area contributed by atoms with Crippen molar-refractivity contribution in [2.75, 3.05) is 0 Å². The molecule has 32 heavy (non-hydrogen) atoms. The molecular formula is C28H29ClN2O. The fourth-order valence-electron chi connectivity index (χ4n) is 4.54. The zero-order valence-corrected chi connectivity index (χ0v) is 19.3. The molecule has 1 aliphatic carbocycles. The summed E-state index contributed by atoms with van der Waals surface area (Å²) in [7, 11) is 0. The van der Waals surface area contributed by atoms with E-state index in [1.54, 1.807) is 0 Å². The minimum atomic E-state index is -0.0300. The SMILES string of the molecule is CCC(NC(=O)c1ccc2c(c1)C=CCC(Cc1ccc(Cl)nc1)C2C)c1ccccc1. The van der Waals surface area contributed by atoms with Crippen molar-refractivity contribution in [3.63, 3.8) is 0 Å². The number of carbonyl (C=O) groups is 1. The highest BCUT2D eigenvalue weighted by Crippen LogP contribution is 2.36. The summed E-state index contributed by atoms with van der Waals surface area (Å²) < 4.78 is 0. The van der Waals surface area contributed by atoms with E-state index in [0.717, 1.165) is 30.4 Å². The number of nitrogens with one attached hydrogen (secondary N) is 1. The van der Waals surface area contributed by atoms with Crippen molar-refractivity contribution < 1.29 is 4.79 Å². The second kappa shape index (κ2) is 10.1. The van der Waals surface area contributed by atoms with Gasteiger partial charge in [-0.05, 0) is 71.6 Å². The number of fused-ring (bicyclic) bond motifs is 1. The van der Waals surface area contributed by atoms with Gasteiger partial charge in [-0.25, -0.2) is 4.98 Å². The molecule has 1 N–H and O–H groups in total. The number of benzene rings is 2. The maximum absolute atomic E-state index is 13.0. The molecule has 4 heteroatoms. The van der Waals surface area contributed by atoms with Crippen LogP contribution in [0.2, 0.25) is 5.15 Å². The van der Waals surface area contributed by atoms with Crippen LogP contribution in [0.4, 0.5) is 0 Å². The molecule has 1 aromatic heterocycles. The zero-order chi connectivity index (χ0) is 22.5. The van der Waals surface area contributed by atoms with Crippen LogP contribution < -0.4 is 5.32 Å². The van der Waals surface area contributed by atoms with Crippen molar-refractivity contribution in [2.24, 2.45) is 5.92 Å². The first kappa shape index (κ1) is 22.3. The molecule has 1 heterocycles. The van der Waals surface area contributed by atoms with E-state index in [-0.39, 0.29) is 11.9 Å². The summed E-state index contributed by atoms with van der Waals surface area (Å²) in [5.74, 6) is 0.816. The Morgan fingerprint density at radius 2 is 1.97 bits per heavy atom. The van der Waals surface area contributed by atoms with Crippen molar-refractivity contribution in [3.05, 3.63) is 106 Å². The number of carbonyl (C=O) groups excluding carboxylic acids is 1. The van der Waals surface area contributed by atoms with Crippen LogP contribution >= 0.6 is 11.6 Å². The van der Waals surface area contributed by atoms with Gasteiger partial charge in [-0.2, -0.15) is 0 Å². The summed E-state index contributed by atoms with van der Waals surface area (Å²) in [5, 5.41) is 3.72. The molecule has 0 bridgehead atoms. The van der Waals surface area contributed by atoms with Gasteiger partial charge in [-0.15, -0.1) is 0 Å². The van der Waals surface area contributed by atoms with Gasteiger partial charge in [-0.1, -0.05) is 80.1 Å². The van der Waals surface area contributed by atoms with Gasteiger partial charge < -0.3 is 5.32 Å². The summed E-state index contributed by atoms with van der Waals surface area (Å²) in [6, 6.07) is 20.2. The lowest BCUT2D eigenvalue weighted by Gasteiger charge is -2.23. The monoisotopic (exact) mass is 444 g/mol. The van der Waals surface area contributed by atoms with E-state index in [0.29, 0.717) is 22.6 Å². The fraction of sp³-hybridized carbons (Fsp3) is 0.286. The highest BCUT2D eigenvalue weighted by Gasteiger charge is 2.24. The maximum atomic E-state index is 13.0. The number of allylic oxidation sites excluding steroid dienone is 1. The molecule has 3 unspecified atom stereocenters. The summed E-state index contributed by atoms with van der Waals surface area (Å²) in [6.07, 6.45) is 9.06. The number of amides is 1. The van der Waals surface area contributed by atoms with Crippen LogP contribution in [0, 0.1) is 5.92 Å². The molecule has 0 saturated heterocycles. The minimum absolute atomic E-state index is 0.00865. The lowest BCUT2D eigenvalue weighted by molar-refractivity contribution is 0.0935. The lowest BCUT2D eigenvalue weighted by atomic mass is 9.81. The van der Waals surface area contributed by atoms with E-state index in [2.05, 4.69) is 60.6 Å². The first-order chi connectivity index (χ1) is 15.5. The topological polar surface area (TPSA) is 42.0 Å². The number of pyridine rings is 1. The first-order valence-corrected chi connectivity index (χ1v) is 11.7. The fourth-order valence-corrected chi connectivity index (χ4v) is 4.65. The van der Waals surface area contributed by atoms with E-state index < -0.39 is 0 Å². The third-order valence-electron chi connectivity index (χ3n) is 6.48. The van der Waals surface area contributed by atoms with Crippen LogP contribution in [-0.2, 0) is 6.42 Å². The maximum Gasteiger partial charge on any atom is 0.251 e. The minimum Gasteiger partial charge on any atom is -0.345 e. The van der Waals surface area contributed by atoms with Crippen molar-refractivity contribution in [3.8, 4) is 0 Å². The molecule has 2 aromatic carbocycles. The number of halogens is 1. The van der Waals surface area contributed by atoms with Gasteiger partial charge in [0.15, 0.2) is 0 Å². The van der Waals surface area contributed by atoms with Crippen LogP contribution in [0.5, 0.6) is 0 Å². The Morgan fingerprint density at radius 1 is 1.16 bits per heavy atom. The van der Waals surface area contributed by atoms with Crippen molar-refractivity contribution >= 4 is 23.6 Å². The van der Waals surface area contributed by atoms with Crippen molar-refractivity contribution in [2.45, 2.75) is 45.1 Å². The number of aromatic nitrogens is 1. The summed E-state index contributed by atoms with van der Waals surface area (Å²) in [5.41, 5.74) is 5.46. The van der Waals surface area contributed by atoms with Gasteiger partial charge in [0.05, 0.1) is 6.04 Å². The number of rotatable bonds is 6. The Morgan fingerprint density at radius 3 is 2.69 bits per heavy atom. The predicted molar refractivity (Wildman–Crippen MR) is 132 cm³/mol. The molecule has 0 spiro atoms. The van der Waals surface area contributed by atoms with E-state index in [4.69, 9.17) is 11.6 Å². The van der Waals surface area contributed by atoms with E-state index >= 15 is 0 Å². The summed E-state index contributed by atoms with van der Waals surface area (Å²) in [4.78, 5) is 17.2. The Bertz CT molecular complexity index is 1090. The van der Waals surface area contributed by atoms with Crippen LogP contribution in [0.1, 0.15) is 71.3 Å². The lowest BCUT2D eigenvalue weighted by Crippen LogP contribution is -2.28. The zero-order valence-electron chi connectivity index (χ0n) is 18.6. The third-order valence-corrected chi connectivity index (χ3v) is 6.71. The van der Waals surface area contributed by atoms with Crippen LogP contribution in [-0.4, -0.2) is 10.9 Å². The second-order valence-corrected chi connectivity index (χ2v) is 8.96. The molecular weight excluding hydrogens is 416 g/mol. The Kier molecular flexibility index (Phi) is 7.06. The van der Waals surface area contributed by atoms with Crippen molar-refractivity contribution in [1.82, 2.24) is 10.3 Å². The molecule has 3 nitrogen and oxygen atoms in total. The Balaban J connectivity index is 1.51. The van der Waals surface area contributed by atoms with Gasteiger partial charge in [0, 0.05) is 11.8 Å². The second-order valence-electron chi connectivity index (χ2n) is 8.57. The normalized spacial score (nSPS) is 18.5. The Labute approximate surface area is 195 Å². The van der Waals surface area contributed by atoms with E-state index in [1.165, 1.54) is 11.1 Å². The first-order valence-electron chi connectivity index (χ1n) is 11.3. The number of hydrogen-bond acceptors (Lipinski definition) is 2. The smallest absolute Gasteiger partial charge is 0.251 e. The van der Waals surface area contributed by atoms with E-state index in [1.807, 2.05) is 42.6 Å². The van der Waals surface area contributed by atoms with Crippen LogP contribution in [0.3, 0.4) is 0 Å². The predicted octanol–water partition coefficient (Wildman–Crippen LogP) is 7.00. The largest absolute Gasteiger partial charge is 0.345 e. The highest BCUT2D eigenvalue weighted by molar-refractivity contribution is 6.29. The average Bonchev–Trinajstić information content (AvgIpc) is 2.97. The summed E-state index contributed by atoms with van der Waals surface area (Å²) in [6.45, 7) is 4.37. The van der Waals surface area contributed by atoms with Gasteiger partial charge in [-0.3, -0.25) is 4.79 Å². The van der Waals surface area contributed by atoms with Gasteiger partial charge >= 0.3 is 0 Å². The van der Waals surface area contributed by atoms with E-state index in [9.17, 15) is 4.79 Å². The molecule has 3 atom stereocenters. The molecule has 0 fully saturated rings. The quantitative estimate of drug-likeness (QED) is 0.416. The third kappa shape index (κ3) is 5.11. The number of hydrogen-bond donors (Lipinski definition) is 1. The van der Waals surface area contributed by atoms with Gasteiger partial charge in [0.25, 0.3) is 5.91 Å². The average molecular weight is 445 g/mol. The van der Waals surface area contributed by atoms with Crippen LogP contribution in [0.25, 0.3) is 6.08 Å². The highest BCUT2D eigenvalue weighted by atomic mass is 35.5. The molecule has 4 rings (SSSR count). The molecule has 164 valence electrons. The van der Waals surface area contributed by atoms with Crippen LogP contribution in [0.15, 0.2) is 72.9 Å². The number of nitrogens with zero attached hydrogens (tertiary/aromatic N) is 1.